The minimum absolute atomic E-state index is 0.832. The predicted molar refractivity (Wildman–Crippen MR) is 66.1 cm³/mol. The Kier molecular flexibility index (Phi) is 6.06. The summed E-state index contributed by atoms with van der Waals surface area (Å²) in [5.41, 5.74) is 0. The average Bonchev–Trinajstić information content (AvgIpc) is 2.40. The monoisotopic (exact) mass is 262 g/mol. The van der Waals surface area contributed by atoms with E-state index in [0.717, 1.165) is 11.2 Å². The fourth-order valence-electron chi connectivity index (χ4n) is 1.93. The van der Waals surface area contributed by atoms with Gasteiger partial charge in [0.25, 0.3) is 0 Å². The summed E-state index contributed by atoms with van der Waals surface area (Å²) >= 11 is 3.60. The normalized spacial score (nSPS) is 23.4. The minimum atomic E-state index is 0.832. The maximum Gasteiger partial charge on any atom is 0.0109 e. The quantitative estimate of drug-likeness (QED) is 0.716. The van der Waals surface area contributed by atoms with Crippen LogP contribution >= 0.6 is 15.9 Å². The topological polar surface area (TPSA) is 6.48 Å². The molecule has 0 N–H and O–H groups in total. The second-order valence-corrected chi connectivity index (χ2v) is 5.03. The molecule has 0 spiro atoms. The molecule has 1 rings (SSSR count). The molecule has 0 amide bonds. The number of hydrogen-bond acceptors (Lipinski definition) is 2. The highest BCUT2D eigenvalue weighted by Gasteiger charge is 2.15. The van der Waals surface area contributed by atoms with Crippen molar-refractivity contribution in [3.63, 3.8) is 0 Å². The van der Waals surface area contributed by atoms with Gasteiger partial charge in [-0.25, -0.2) is 0 Å². The van der Waals surface area contributed by atoms with Crippen LogP contribution in [0.1, 0.15) is 19.8 Å². The zero-order valence-corrected chi connectivity index (χ0v) is 11.1. The van der Waals surface area contributed by atoms with Crippen molar-refractivity contribution >= 4 is 15.9 Å². The Labute approximate surface area is 96.8 Å². The number of hydrogen-bond donors (Lipinski definition) is 0. The van der Waals surface area contributed by atoms with Crippen molar-refractivity contribution in [1.82, 2.24) is 9.80 Å². The molecule has 0 bridgehead atoms. The molecule has 1 fully saturated rings. The molecule has 0 saturated carbocycles. The summed E-state index contributed by atoms with van der Waals surface area (Å²) in [6.45, 7) is 8.60. The molecular formula is C11H23BrN2. The Morgan fingerprint density at radius 3 is 2.64 bits per heavy atom. The Morgan fingerprint density at radius 1 is 1.21 bits per heavy atom. The molecule has 1 aliphatic rings. The van der Waals surface area contributed by atoms with Crippen molar-refractivity contribution in [2.24, 2.45) is 5.92 Å². The van der Waals surface area contributed by atoms with Gasteiger partial charge in [-0.2, -0.15) is 0 Å². The molecule has 1 saturated heterocycles. The number of likely N-dealkylation sites (N-methyl/N-ethyl adjacent to an activating group) is 1. The SMILES string of the molecule is CCC(CBr)CN1CCCN(C)CC1. The summed E-state index contributed by atoms with van der Waals surface area (Å²) < 4.78 is 0. The van der Waals surface area contributed by atoms with E-state index in [0.29, 0.717) is 0 Å². The van der Waals surface area contributed by atoms with Gasteiger partial charge >= 0.3 is 0 Å². The van der Waals surface area contributed by atoms with Gasteiger partial charge in [-0.3, -0.25) is 0 Å². The van der Waals surface area contributed by atoms with Gasteiger partial charge in [0, 0.05) is 25.0 Å². The first-order chi connectivity index (χ1) is 6.76. The first kappa shape index (κ1) is 12.5. The van der Waals surface area contributed by atoms with Crippen LogP contribution in [0, 0.1) is 5.92 Å². The second kappa shape index (κ2) is 6.81. The van der Waals surface area contributed by atoms with Crippen molar-refractivity contribution in [2.75, 3.05) is 45.1 Å². The first-order valence-corrected chi connectivity index (χ1v) is 6.85. The van der Waals surface area contributed by atoms with Crippen molar-refractivity contribution in [3.8, 4) is 0 Å². The maximum absolute atomic E-state index is 3.60. The minimum Gasteiger partial charge on any atom is -0.305 e. The van der Waals surface area contributed by atoms with Gasteiger partial charge in [0.2, 0.25) is 0 Å². The van der Waals surface area contributed by atoms with Crippen LogP contribution in [0.3, 0.4) is 0 Å². The molecule has 0 radical (unpaired) electrons. The molecule has 84 valence electrons. The zero-order chi connectivity index (χ0) is 10.4. The van der Waals surface area contributed by atoms with Crippen LogP contribution in [-0.4, -0.2) is 54.9 Å². The molecule has 1 heterocycles. The van der Waals surface area contributed by atoms with Gasteiger partial charge in [-0.15, -0.1) is 0 Å². The molecule has 0 aromatic carbocycles. The molecule has 0 aromatic rings. The van der Waals surface area contributed by atoms with E-state index < -0.39 is 0 Å². The number of rotatable bonds is 4. The van der Waals surface area contributed by atoms with Crippen LogP contribution in [0.2, 0.25) is 0 Å². The molecule has 0 aromatic heterocycles. The third kappa shape index (κ3) is 4.28. The van der Waals surface area contributed by atoms with Crippen LogP contribution in [0.15, 0.2) is 0 Å². The van der Waals surface area contributed by atoms with E-state index >= 15 is 0 Å². The lowest BCUT2D eigenvalue weighted by atomic mass is 10.1. The lowest BCUT2D eigenvalue weighted by Crippen LogP contribution is -2.33. The standard InChI is InChI=1S/C11H23BrN2/c1-3-11(9-12)10-14-6-4-5-13(2)7-8-14/h11H,3-10H2,1-2H3. The van der Waals surface area contributed by atoms with Crippen molar-refractivity contribution in [1.29, 1.82) is 0 Å². The molecule has 2 nitrogen and oxygen atoms in total. The lowest BCUT2D eigenvalue weighted by molar-refractivity contribution is 0.242. The van der Waals surface area contributed by atoms with Gasteiger partial charge < -0.3 is 9.80 Å². The molecular weight excluding hydrogens is 240 g/mol. The van der Waals surface area contributed by atoms with Gasteiger partial charge in [0.1, 0.15) is 0 Å². The smallest absolute Gasteiger partial charge is 0.0109 e. The van der Waals surface area contributed by atoms with Crippen LogP contribution in [0.25, 0.3) is 0 Å². The number of alkyl halides is 1. The molecule has 0 aliphatic carbocycles. The van der Waals surface area contributed by atoms with Crippen LogP contribution in [0.4, 0.5) is 0 Å². The summed E-state index contributed by atoms with van der Waals surface area (Å²) in [6.07, 6.45) is 2.62. The highest BCUT2D eigenvalue weighted by Crippen LogP contribution is 2.10. The second-order valence-electron chi connectivity index (χ2n) is 4.39. The van der Waals surface area contributed by atoms with Gasteiger partial charge in [0.05, 0.1) is 0 Å². The third-order valence-electron chi connectivity index (χ3n) is 3.12. The van der Waals surface area contributed by atoms with Crippen molar-refractivity contribution < 1.29 is 0 Å². The Bertz CT molecular complexity index is 148. The molecule has 14 heavy (non-hydrogen) atoms. The van der Waals surface area contributed by atoms with Crippen LogP contribution in [-0.2, 0) is 0 Å². The van der Waals surface area contributed by atoms with E-state index in [1.54, 1.807) is 0 Å². The molecule has 1 aliphatic heterocycles. The molecule has 1 atom stereocenters. The fraction of sp³-hybridized carbons (Fsp3) is 1.00. The third-order valence-corrected chi connectivity index (χ3v) is 4.04. The van der Waals surface area contributed by atoms with Gasteiger partial charge in [-0.1, -0.05) is 29.3 Å². The van der Waals surface area contributed by atoms with E-state index in [2.05, 4.69) is 39.7 Å². The largest absolute Gasteiger partial charge is 0.305 e. The fourth-order valence-corrected chi connectivity index (χ4v) is 2.60. The first-order valence-electron chi connectivity index (χ1n) is 5.73. The lowest BCUT2D eigenvalue weighted by Gasteiger charge is -2.24. The Hall–Kier alpha value is 0.400. The van der Waals surface area contributed by atoms with E-state index in [1.165, 1.54) is 45.6 Å². The molecule has 1 unspecified atom stereocenters. The van der Waals surface area contributed by atoms with E-state index in [-0.39, 0.29) is 0 Å². The number of nitrogens with zero attached hydrogens (tertiary/aromatic N) is 2. The summed E-state index contributed by atoms with van der Waals surface area (Å²) in [5.74, 6) is 0.832. The number of halogens is 1. The Morgan fingerprint density at radius 2 is 2.00 bits per heavy atom. The van der Waals surface area contributed by atoms with Crippen molar-refractivity contribution in [2.45, 2.75) is 19.8 Å². The average molecular weight is 263 g/mol. The predicted octanol–water partition coefficient (Wildman–Crippen LogP) is 2.04. The van der Waals surface area contributed by atoms with Crippen molar-refractivity contribution in [3.05, 3.63) is 0 Å². The summed E-state index contributed by atoms with van der Waals surface area (Å²) in [5, 5.41) is 1.15. The Balaban J connectivity index is 2.29. The summed E-state index contributed by atoms with van der Waals surface area (Å²) in [4.78, 5) is 5.06. The maximum atomic E-state index is 3.60. The highest BCUT2D eigenvalue weighted by atomic mass is 79.9. The van der Waals surface area contributed by atoms with Crippen LogP contribution < -0.4 is 0 Å². The van der Waals surface area contributed by atoms with E-state index in [9.17, 15) is 0 Å². The summed E-state index contributed by atoms with van der Waals surface area (Å²) in [6, 6.07) is 0. The molecule has 3 heteroatoms. The summed E-state index contributed by atoms with van der Waals surface area (Å²) in [7, 11) is 2.23. The zero-order valence-electron chi connectivity index (χ0n) is 9.51. The highest BCUT2D eigenvalue weighted by molar-refractivity contribution is 9.09. The van der Waals surface area contributed by atoms with E-state index in [1.807, 2.05) is 0 Å². The van der Waals surface area contributed by atoms with E-state index in [4.69, 9.17) is 0 Å². The van der Waals surface area contributed by atoms with Gasteiger partial charge in [-0.05, 0) is 32.5 Å². The van der Waals surface area contributed by atoms with Crippen LogP contribution in [0.5, 0.6) is 0 Å². The van der Waals surface area contributed by atoms with Gasteiger partial charge in [0.15, 0.2) is 0 Å².